The van der Waals surface area contributed by atoms with Crippen LogP contribution in [-0.4, -0.2) is 19.9 Å². The molecule has 20 heavy (non-hydrogen) atoms. The van der Waals surface area contributed by atoms with E-state index in [0.29, 0.717) is 17.9 Å². The van der Waals surface area contributed by atoms with Crippen LogP contribution in [0.2, 0.25) is 0 Å². The van der Waals surface area contributed by atoms with Gasteiger partial charge in [-0.1, -0.05) is 6.92 Å². The highest BCUT2D eigenvalue weighted by molar-refractivity contribution is 7.89. The lowest BCUT2D eigenvalue weighted by Crippen LogP contribution is -2.17. The van der Waals surface area contributed by atoms with Crippen LogP contribution in [0.3, 0.4) is 0 Å². The minimum Gasteiger partial charge on any atom is -0.399 e. The normalized spacial score (nSPS) is 13.1. The number of rotatable bonds is 5. The zero-order valence-corrected chi connectivity index (χ0v) is 12.5. The third-order valence-corrected chi connectivity index (χ3v) is 4.74. The van der Waals surface area contributed by atoms with E-state index in [1.54, 1.807) is 29.7 Å². The molecule has 1 atom stereocenters. The van der Waals surface area contributed by atoms with Gasteiger partial charge in [0.2, 0.25) is 10.0 Å². The van der Waals surface area contributed by atoms with Gasteiger partial charge in [0.1, 0.15) is 4.90 Å². The Kier molecular flexibility index (Phi) is 4.26. The van der Waals surface area contributed by atoms with Crippen molar-refractivity contribution in [2.45, 2.75) is 17.7 Å². The molecule has 6 nitrogen and oxygen atoms in total. The molecule has 1 aromatic carbocycles. The predicted octanol–water partition coefficient (Wildman–Crippen LogP) is 1.59. The van der Waals surface area contributed by atoms with Crippen LogP contribution in [0.5, 0.6) is 0 Å². The number of nitrogens with two attached hydrogens (primary N) is 2. The lowest BCUT2D eigenvalue weighted by molar-refractivity contribution is 0.598. The van der Waals surface area contributed by atoms with E-state index in [1.807, 2.05) is 12.3 Å². The number of nitrogens with one attached hydrogen (secondary N) is 1. The van der Waals surface area contributed by atoms with Crippen molar-refractivity contribution in [3.63, 3.8) is 0 Å². The Morgan fingerprint density at radius 3 is 2.80 bits per heavy atom. The first-order valence-corrected chi connectivity index (χ1v) is 8.36. The zero-order valence-electron chi connectivity index (χ0n) is 10.9. The van der Waals surface area contributed by atoms with Gasteiger partial charge in [-0.05, 0) is 18.2 Å². The first-order valence-electron chi connectivity index (χ1n) is 5.93. The lowest BCUT2D eigenvalue weighted by atomic mass is 10.2. The van der Waals surface area contributed by atoms with Gasteiger partial charge < -0.3 is 11.1 Å². The van der Waals surface area contributed by atoms with Gasteiger partial charge in [0.15, 0.2) is 0 Å². The van der Waals surface area contributed by atoms with E-state index in [-0.39, 0.29) is 10.8 Å². The molecule has 0 aliphatic heterocycles. The van der Waals surface area contributed by atoms with Gasteiger partial charge in [-0.15, -0.1) is 11.3 Å². The van der Waals surface area contributed by atoms with Crippen molar-refractivity contribution >= 4 is 32.7 Å². The number of hydrogen-bond acceptors (Lipinski definition) is 6. The summed E-state index contributed by atoms with van der Waals surface area (Å²) in [7, 11) is -3.81. The first-order chi connectivity index (χ1) is 9.38. The monoisotopic (exact) mass is 312 g/mol. The standard InChI is InChI=1S/C12H16N4O2S2/c1-8(12-15-4-5-19-12)7-16-10-3-2-9(13)6-11(10)20(14,17)18/h2-6,8,16H,7,13H2,1H3,(H2,14,17,18). The Morgan fingerprint density at radius 1 is 1.45 bits per heavy atom. The van der Waals surface area contributed by atoms with E-state index in [9.17, 15) is 8.42 Å². The highest BCUT2D eigenvalue weighted by Gasteiger charge is 2.15. The SMILES string of the molecule is CC(CNc1ccc(N)cc1S(N)(=O)=O)c1nccs1. The summed E-state index contributed by atoms with van der Waals surface area (Å²) in [6.45, 7) is 2.57. The Morgan fingerprint density at radius 2 is 2.20 bits per heavy atom. The minimum atomic E-state index is -3.81. The summed E-state index contributed by atoms with van der Waals surface area (Å²) in [6, 6.07) is 4.60. The summed E-state index contributed by atoms with van der Waals surface area (Å²) < 4.78 is 23.1. The highest BCUT2D eigenvalue weighted by atomic mass is 32.2. The van der Waals surface area contributed by atoms with Crippen molar-refractivity contribution in [1.29, 1.82) is 0 Å². The second-order valence-corrected chi connectivity index (χ2v) is 6.91. The number of primary sulfonamides is 1. The lowest BCUT2D eigenvalue weighted by Gasteiger charge is -2.14. The number of nitrogens with zero attached hydrogens (tertiary/aromatic N) is 1. The van der Waals surface area contributed by atoms with Crippen molar-refractivity contribution in [3.8, 4) is 0 Å². The van der Waals surface area contributed by atoms with Crippen molar-refractivity contribution in [3.05, 3.63) is 34.8 Å². The molecule has 0 saturated carbocycles. The quantitative estimate of drug-likeness (QED) is 0.726. The third kappa shape index (κ3) is 3.47. The van der Waals surface area contributed by atoms with E-state index in [2.05, 4.69) is 10.3 Å². The average molecular weight is 312 g/mol. The summed E-state index contributed by atoms with van der Waals surface area (Å²) in [5, 5.41) is 11.2. The summed E-state index contributed by atoms with van der Waals surface area (Å²) in [4.78, 5) is 4.23. The van der Waals surface area contributed by atoms with Gasteiger partial charge in [-0.3, -0.25) is 0 Å². The van der Waals surface area contributed by atoms with Gasteiger partial charge in [0, 0.05) is 29.7 Å². The molecule has 108 valence electrons. The Balaban J connectivity index is 2.18. The molecule has 0 spiro atoms. The largest absolute Gasteiger partial charge is 0.399 e. The maximum atomic E-state index is 11.6. The number of hydrogen-bond donors (Lipinski definition) is 3. The highest BCUT2D eigenvalue weighted by Crippen LogP contribution is 2.24. The molecular weight excluding hydrogens is 296 g/mol. The van der Waals surface area contributed by atoms with Crippen LogP contribution in [-0.2, 0) is 10.0 Å². The molecule has 2 aromatic rings. The number of aromatic nitrogens is 1. The summed E-state index contributed by atoms with van der Waals surface area (Å²) in [5.41, 5.74) is 6.40. The van der Waals surface area contributed by atoms with Gasteiger partial charge in [0.05, 0.1) is 10.7 Å². The molecule has 0 fully saturated rings. The average Bonchev–Trinajstić information content (AvgIpc) is 2.89. The number of nitrogen functional groups attached to an aromatic ring is 1. The van der Waals surface area contributed by atoms with E-state index in [1.165, 1.54) is 6.07 Å². The maximum Gasteiger partial charge on any atom is 0.240 e. The summed E-state index contributed by atoms with van der Waals surface area (Å²) >= 11 is 1.56. The molecule has 1 aromatic heterocycles. The fourth-order valence-corrected chi connectivity index (χ4v) is 3.19. The molecule has 8 heteroatoms. The Labute approximate surface area is 121 Å². The number of anilines is 2. The molecule has 5 N–H and O–H groups in total. The number of sulfonamides is 1. The van der Waals surface area contributed by atoms with Gasteiger partial charge in [-0.2, -0.15) is 0 Å². The molecule has 1 unspecified atom stereocenters. The minimum absolute atomic E-state index is 0.00355. The Bertz CT molecular complexity index is 683. The molecule has 0 amide bonds. The van der Waals surface area contributed by atoms with Crippen molar-refractivity contribution in [2.75, 3.05) is 17.6 Å². The number of thiazole rings is 1. The van der Waals surface area contributed by atoms with Crippen LogP contribution in [0.4, 0.5) is 11.4 Å². The van der Waals surface area contributed by atoms with E-state index in [4.69, 9.17) is 10.9 Å². The fourth-order valence-electron chi connectivity index (χ4n) is 1.75. The molecule has 0 aliphatic carbocycles. The van der Waals surface area contributed by atoms with Crippen LogP contribution in [0.1, 0.15) is 17.8 Å². The predicted molar refractivity (Wildman–Crippen MR) is 81.2 cm³/mol. The Hall–Kier alpha value is -1.64. The molecule has 2 rings (SSSR count). The van der Waals surface area contributed by atoms with Gasteiger partial charge >= 0.3 is 0 Å². The van der Waals surface area contributed by atoms with Gasteiger partial charge in [0.25, 0.3) is 0 Å². The smallest absolute Gasteiger partial charge is 0.240 e. The van der Waals surface area contributed by atoms with E-state index < -0.39 is 10.0 Å². The molecule has 0 bridgehead atoms. The number of benzene rings is 1. The maximum absolute atomic E-state index is 11.6. The topological polar surface area (TPSA) is 111 Å². The van der Waals surface area contributed by atoms with E-state index >= 15 is 0 Å². The second-order valence-electron chi connectivity index (χ2n) is 4.45. The van der Waals surface area contributed by atoms with Crippen LogP contribution < -0.4 is 16.2 Å². The van der Waals surface area contributed by atoms with Crippen molar-refractivity contribution in [1.82, 2.24) is 4.98 Å². The summed E-state index contributed by atoms with van der Waals surface area (Å²) in [6.07, 6.45) is 1.75. The van der Waals surface area contributed by atoms with E-state index in [0.717, 1.165) is 5.01 Å². The van der Waals surface area contributed by atoms with Crippen LogP contribution in [0.25, 0.3) is 0 Å². The molecular formula is C12H16N4O2S2. The first kappa shape index (κ1) is 14.8. The second kappa shape index (κ2) is 5.78. The summed E-state index contributed by atoms with van der Waals surface area (Å²) in [5.74, 6) is 0.167. The molecule has 1 heterocycles. The zero-order chi connectivity index (χ0) is 14.8. The molecule has 0 saturated heterocycles. The fraction of sp³-hybridized carbons (Fsp3) is 0.250. The molecule has 0 radical (unpaired) electrons. The van der Waals surface area contributed by atoms with Gasteiger partial charge in [-0.25, -0.2) is 18.5 Å². The van der Waals surface area contributed by atoms with Crippen molar-refractivity contribution in [2.24, 2.45) is 5.14 Å². The van der Waals surface area contributed by atoms with Crippen LogP contribution >= 0.6 is 11.3 Å². The van der Waals surface area contributed by atoms with Crippen LogP contribution in [0, 0.1) is 0 Å². The third-order valence-electron chi connectivity index (χ3n) is 2.78. The molecule has 0 aliphatic rings. The van der Waals surface area contributed by atoms with Crippen molar-refractivity contribution < 1.29 is 8.42 Å². The van der Waals surface area contributed by atoms with Crippen LogP contribution in [0.15, 0.2) is 34.7 Å².